The van der Waals surface area contributed by atoms with Crippen molar-refractivity contribution >= 4 is 0 Å². The summed E-state index contributed by atoms with van der Waals surface area (Å²) >= 11 is 0. The first kappa shape index (κ1) is 10.7. The molecule has 82 valence electrons. The van der Waals surface area contributed by atoms with E-state index >= 15 is 0 Å². The molecular formula is C13H19NO. The normalized spacial score (nSPS) is 17.7. The molecule has 0 bridgehead atoms. The third-order valence-electron chi connectivity index (χ3n) is 2.97. The van der Waals surface area contributed by atoms with Gasteiger partial charge in [-0.2, -0.15) is 0 Å². The predicted octanol–water partition coefficient (Wildman–Crippen LogP) is 2.03. The number of aliphatic hydroxyl groups excluding tert-OH is 1. The molecule has 1 atom stereocenters. The molecule has 0 heterocycles. The quantitative estimate of drug-likeness (QED) is 0.771. The van der Waals surface area contributed by atoms with E-state index in [2.05, 4.69) is 18.3 Å². The van der Waals surface area contributed by atoms with Crippen molar-refractivity contribution < 1.29 is 5.11 Å². The van der Waals surface area contributed by atoms with Gasteiger partial charge in [0, 0.05) is 12.6 Å². The second-order valence-corrected chi connectivity index (χ2v) is 4.25. The Morgan fingerprint density at radius 3 is 2.80 bits per heavy atom. The van der Waals surface area contributed by atoms with Crippen molar-refractivity contribution in [1.82, 2.24) is 5.32 Å². The third kappa shape index (κ3) is 2.80. The number of nitrogens with one attached hydrogen (secondary N) is 1. The van der Waals surface area contributed by atoms with Gasteiger partial charge < -0.3 is 10.4 Å². The second kappa shape index (κ2) is 4.77. The lowest BCUT2D eigenvalue weighted by atomic mass is 10.0. The van der Waals surface area contributed by atoms with E-state index in [1.165, 1.54) is 18.4 Å². The van der Waals surface area contributed by atoms with Crippen LogP contribution in [-0.2, 0) is 6.42 Å². The summed E-state index contributed by atoms with van der Waals surface area (Å²) in [4.78, 5) is 0. The van der Waals surface area contributed by atoms with Crippen LogP contribution in [0, 0.1) is 0 Å². The van der Waals surface area contributed by atoms with Gasteiger partial charge >= 0.3 is 0 Å². The molecule has 0 radical (unpaired) electrons. The van der Waals surface area contributed by atoms with Crippen molar-refractivity contribution in [3.63, 3.8) is 0 Å². The fourth-order valence-corrected chi connectivity index (χ4v) is 1.86. The van der Waals surface area contributed by atoms with Crippen LogP contribution in [0.1, 0.15) is 37.0 Å². The zero-order valence-electron chi connectivity index (χ0n) is 9.24. The molecule has 1 aromatic carbocycles. The molecule has 15 heavy (non-hydrogen) atoms. The zero-order chi connectivity index (χ0) is 10.7. The van der Waals surface area contributed by atoms with Gasteiger partial charge in [0.15, 0.2) is 0 Å². The molecule has 0 saturated heterocycles. The Balaban J connectivity index is 1.98. The third-order valence-corrected chi connectivity index (χ3v) is 2.97. The SMILES string of the molecule is CCc1ccccc1C(O)CNC1CC1. The Morgan fingerprint density at radius 1 is 1.40 bits per heavy atom. The number of aryl methyl sites for hydroxylation is 1. The van der Waals surface area contributed by atoms with Crippen LogP contribution in [0.3, 0.4) is 0 Å². The van der Waals surface area contributed by atoms with Gasteiger partial charge in [0.25, 0.3) is 0 Å². The van der Waals surface area contributed by atoms with Crippen LogP contribution < -0.4 is 5.32 Å². The maximum atomic E-state index is 10.0. The Labute approximate surface area is 91.3 Å². The highest BCUT2D eigenvalue weighted by Gasteiger charge is 2.22. The fraction of sp³-hybridized carbons (Fsp3) is 0.538. The minimum Gasteiger partial charge on any atom is -0.387 e. The summed E-state index contributed by atoms with van der Waals surface area (Å²) in [5.41, 5.74) is 2.33. The largest absolute Gasteiger partial charge is 0.387 e. The van der Waals surface area contributed by atoms with E-state index in [0.29, 0.717) is 12.6 Å². The highest BCUT2D eigenvalue weighted by atomic mass is 16.3. The molecule has 2 N–H and O–H groups in total. The van der Waals surface area contributed by atoms with Gasteiger partial charge in [-0.1, -0.05) is 31.2 Å². The van der Waals surface area contributed by atoms with Crippen molar-refractivity contribution in [3.8, 4) is 0 Å². The van der Waals surface area contributed by atoms with Crippen molar-refractivity contribution in [3.05, 3.63) is 35.4 Å². The summed E-state index contributed by atoms with van der Waals surface area (Å²) in [6.45, 7) is 2.81. The highest BCUT2D eigenvalue weighted by molar-refractivity contribution is 5.29. The van der Waals surface area contributed by atoms with E-state index < -0.39 is 0 Å². The van der Waals surface area contributed by atoms with Gasteiger partial charge in [-0.3, -0.25) is 0 Å². The van der Waals surface area contributed by atoms with E-state index in [-0.39, 0.29) is 6.10 Å². The van der Waals surface area contributed by atoms with Crippen molar-refractivity contribution in [2.75, 3.05) is 6.54 Å². The average molecular weight is 205 g/mol. The molecule has 1 aliphatic rings. The molecule has 0 spiro atoms. The van der Waals surface area contributed by atoms with E-state index in [1.54, 1.807) is 0 Å². The molecule has 2 rings (SSSR count). The Bertz CT molecular complexity index is 320. The standard InChI is InChI=1S/C13H19NO/c1-2-10-5-3-4-6-12(10)13(15)9-14-11-7-8-11/h3-6,11,13-15H,2,7-9H2,1H3. The molecule has 1 fully saturated rings. The van der Waals surface area contributed by atoms with Crippen LogP contribution in [0.25, 0.3) is 0 Å². The number of benzene rings is 1. The first-order valence-electron chi connectivity index (χ1n) is 5.80. The smallest absolute Gasteiger partial charge is 0.0917 e. The molecule has 0 amide bonds. The van der Waals surface area contributed by atoms with Crippen LogP contribution in [0.4, 0.5) is 0 Å². The van der Waals surface area contributed by atoms with Crippen LogP contribution in [0.2, 0.25) is 0 Å². The Kier molecular flexibility index (Phi) is 3.39. The minimum absolute atomic E-state index is 0.359. The van der Waals surface area contributed by atoms with Gasteiger partial charge in [-0.05, 0) is 30.4 Å². The van der Waals surface area contributed by atoms with Gasteiger partial charge in [0.1, 0.15) is 0 Å². The maximum absolute atomic E-state index is 10.0. The zero-order valence-corrected chi connectivity index (χ0v) is 9.24. The first-order valence-corrected chi connectivity index (χ1v) is 5.80. The number of aliphatic hydroxyl groups is 1. The summed E-state index contributed by atoms with van der Waals surface area (Å²) in [6, 6.07) is 8.81. The van der Waals surface area contributed by atoms with Crippen molar-refractivity contribution in [2.45, 2.75) is 38.3 Å². The molecule has 0 aliphatic heterocycles. The first-order chi connectivity index (χ1) is 7.31. The van der Waals surface area contributed by atoms with Crippen LogP contribution in [0.15, 0.2) is 24.3 Å². The molecule has 0 aromatic heterocycles. The summed E-state index contributed by atoms with van der Waals surface area (Å²) < 4.78 is 0. The van der Waals surface area contributed by atoms with Gasteiger partial charge in [-0.15, -0.1) is 0 Å². The van der Waals surface area contributed by atoms with Crippen LogP contribution >= 0.6 is 0 Å². The summed E-state index contributed by atoms with van der Waals surface area (Å²) in [5.74, 6) is 0. The minimum atomic E-state index is -0.359. The average Bonchev–Trinajstić information content (AvgIpc) is 3.09. The number of hydrogen-bond donors (Lipinski definition) is 2. The van der Waals surface area contributed by atoms with E-state index in [9.17, 15) is 5.11 Å². The lowest BCUT2D eigenvalue weighted by Gasteiger charge is -2.15. The van der Waals surface area contributed by atoms with Crippen LogP contribution in [-0.4, -0.2) is 17.7 Å². The van der Waals surface area contributed by atoms with E-state index in [0.717, 1.165) is 12.0 Å². The van der Waals surface area contributed by atoms with Crippen molar-refractivity contribution in [1.29, 1.82) is 0 Å². The van der Waals surface area contributed by atoms with Gasteiger partial charge in [0.05, 0.1) is 6.10 Å². The molecule has 1 aromatic rings. The van der Waals surface area contributed by atoms with E-state index in [4.69, 9.17) is 0 Å². The summed E-state index contributed by atoms with van der Waals surface area (Å²) in [7, 11) is 0. The monoisotopic (exact) mass is 205 g/mol. The number of hydrogen-bond acceptors (Lipinski definition) is 2. The summed E-state index contributed by atoms with van der Waals surface area (Å²) in [5, 5.41) is 13.4. The lowest BCUT2D eigenvalue weighted by Crippen LogP contribution is -2.23. The number of rotatable bonds is 5. The molecular weight excluding hydrogens is 186 g/mol. The van der Waals surface area contributed by atoms with Crippen LogP contribution in [0.5, 0.6) is 0 Å². The lowest BCUT2D eigenvalue weighted by molar-refractivity contribution is 0.173. The fourth-order valence-electron chi connectivity index (χ4n) is 1.86. The second-order valence-electron chi connectivity index (χ2n) is 4.25. The molecule has 1 aliphatic carbocycles. The van der Waals surface area contributed by atoms with Gasteiger partial charge in [0.2, 0.25) is 0 Å². The Hall–Kier alpha value is -0.860. The molecule has 1 saturated carbocycles. The topological polar surface area (TPSA) is 32.3 Å². The van der Waals surface area contributed by atoms with E-state index in [1.807, 2.05) is 18.2 Å². The van der Waals surface area contributed by atoms with Crippen molar-refractivity contribution in [2.24, 2.45) is 0 Å². The maximum Gasteiger partial charge on any atom is 0.0917 e. The molecule has 2 heteroatoms. The summed E-state index contributed by atoms with van der Waals surface area (Å²) in [6.07, 6.45) is 3.16. The molecule has 2 nitrogen and oxygen atoms in total. The Morgan fingerprint density at radius 2 is 2.13 bits per heavy atom. The highest BCUT2D eigenvalue weighted by Crippen LogP contribution is 2.22. The van der Waals surface area contributed by atoms with Gasteiger partial charge in [-0.25, -0.2) is 0 Å². The predicted molar refractivity (Wildman–Crippen MR) is 61.8 cm³/mol. The molecule has 1 unspecified atom stereocenters.